The Balaban J connectivity index is 2.69. The van der Waals surface area contributed by atoms with Gasteiger partial charge in [0.2, 0.25) is 0 Å². The van der Waals surface area contributed by atoms with E-state index in [0.717, 1.165) is 10.9 Å². The molecule has 1 nitrogen and oxygen atoms in total. The monoisotopic (exact) mass is 174 g/mol. The first kappa shape index (κ1) is 7.89. The average Bonchev–Trinajstić information content (AvgIpc) is 1.95. The molecule has 1 rings (SSSR count). The van der Waals surface area contributed by atoms with Gasteiger partial charge in [-0.3, -0.25) is 0 Å². The van der Waals surface area contributed by atoms with E-state index in [1.165, 1.54) is 0 Å². The van der Waals surface area contributed by atoms with Crippen LogP contribution in [-0.2, 0) is 5.88 Å². The summed E-state index contributed by atoms with van der Waals surface area (Å²) in [5.74, 6) is 0.983. The van der Waals surface area contributed by atoms with E-state index >= 15 is 0 Å². The van der Waals surface area contributed by atoms with E-state index in [4.69, 9.17) is 11.6 Å². The molecule has 0 fully saturated rings. The molecule has 1 heterocycles. The molecule has 0 amide bonds. The molecule has 54 valence electrons. The molecule has 0 bridgehead atoms. The number of hydrogen-bond acceptors (Lipinski definition) is 1. The number of halogens is 1. The Bertz CT molecular complexity index is 197. The zero-order valence-electron chi connectivity index (χ0n) is 5.75. The summed E-state index contributed by atoms with van der Waals surface area (Å²) in [6, 6.07) is 3.77. The van der Waals surface area contributed by atoms with Gasteiger partial charge in [-0.25, -0.2) is 0 Å². The van der Waals surface area contributed by atoms with Crippen molar-refractivity contribution in [3.05, 3.63) is 29.5 Å². The molecule has 0 atom stereocenters. The quantitative estimate of drug-likeness (QED) is 0.620. The molecule has 0 aliphatic carbocycles. The van der Waals surface area contributed by atoms with Gasteiger partial charge in [0.1, 0.15) is 0 Å². The molecule has 10 heavy (non-hydrogen) atoms. The largest absolute Gasteiger partial charge is 0.195 e. The predicted molar refractivity (Wildman–Crippen MR) is 45.2 cm³/mol. The van der Waals surface area contributed by atoms with E-state index in [-0.39, 0.29) is 0 Å². The lowest BCUT2D eigenvalue weighted by Crippen LogP contribution is -2.30. The summed E-state index contributed by atoms with van der Waals surface area (Å²) in [4.78, 5) is 0. The second kappa shape index (κ2) is 3.84. The molecule has 0 spiro atoms. The van der Waals surface area contributed by atoms with E-state index < -0.39 is 0 Å². The van der Waals surface area contributed by atoms with Gasteiger partial charge in [-0.1, -0.05) is 23.4 Å². The standard InChI is InChI=1S/C7H9ClNS/c1-10-6-9-4-2-7(8)3-5-9/h2-5H,6H2,1H3/q+1. The lowest BCUT2D eigenvalue weighted by molar-refractivity contribution is -0.675. The molecule has 0 saturated carbocycles. The van der Waals surface area contributed by atoms with Gasteiger partial charge in [-0.2, -0.15) is 4.57 Å². The zero-order valence-corrected chi connectivity index (χ0v) is 7.32. The highest BCUT2D eigenvalue weighted by atomic mass is 35.5. The first-order valence-electron chi connectivity index (χ1n) is 2.96. The van der Waals surface area contributed by atoms with Crippen LogP contribution in [0.2, 0.25) is 5.02 Å². The third-order valence-electron chi connectivity index (χ3n) is 1.13. The van der Waals surface area contributed by atoms with Crippen LogP contribution in [0.5, 0.6) is 0 Å². The zero-order chi connectivity index (χ0) is 7.40. The molecule has 0 aliphatic heterocycles. The normalized spacial score (nSPS) is 9.80. The SMILES string of the molecule is CSC[n+]1ccc(Cl)cc1. The molecule has 0 N–H and O–H groups in total. The molecule has 0 radical (unpaired) electrons. The van der Waals surface area contributed by atoms with Crippen LogP contribution in [0, 0.1) is 0 Å². The number of pyridine rings is 1. The minimum Gasteiger partial charge on any atom is -0.195 e. The average molecular weight is 175 g/mol. The first-order valence-corrected chi connectivity index (χ1v) is 4.73. The van der Waals surface area contributed by atoms with Crippen LogP contribution in [0.3, 0.4) is 0 Å². The van der Waals surface area contributed by atoms with Crippen molar-refractivity contribution in [1.29, 1.82) is 0 Å². The van der Waals surface area contributed by atoms with E-state index in [0.29, 0.717) is 0 Å². The van der Waals surface area contributed by atoms with Gasteiger partial charge >= 0.3 is 0 Å². The van der Waals surface area contributed by atoms with Crippen molar-refractivity contribution in [2.45, 2.75) is 5.88 Å². The maximum Gasteiger partial charge on any atom is 0.194 e. The predicted octanol–water partition coefficient (Wildman–Crippen LogP) is 1.95. The summed E-state index contributed by atoms with van der Waals surface area (Å²) in [6.45, 7) is 0. The third kappa shape index (κ3) is 2.20. The Kier molecular flexibility index (Phi) is 3.03. The Labute approximate surface area is 70.0 Å². The van der Waals surface area contributed by atoms with Crippen LogP contribution in [0.1, 0.15) is 0 Å². The molecule has 0 aromatic carbocycles. The summed E-state index contributed by atoms with van der Waals surface area (Å²) < 4.78 is 2.08. The van der Waals surface area contributed by atoms with Crippen LogP contribution in [0.4, 0.5) is 0 Å². The van der Waals surface area contributed by atoms with Gasteiger partial charge < -0.3 is 0 Å². The smallest absolute Gasteiger partial charge is 0.194 e. The Morgan fingerprint density at radius 1 is 1.50 bits per heavy atom. The lowest BCUT2D eigenvalue weighted by atomic mass is 10.5. The summed E-state index contributed by atoms with van der Waals surface area (Å²) in [5, 5.41) is 0.789. The molecule has 0 aliphatic rings. The highest BCUT2D eigenvalue weighted by molar-refractivity contribution is 7.97. The molecule has 3 heteroatoms. The summed E-state index contributed by atoms with van der Waals surface area (Å²) in [5.41, 5.74) is 0. The van der Waals surface area contributed by atoms with Gasteiger partial charge in [0.25, 0.3) is 0 Å². The number of rotatable bonds is 2. The summed E-state index contributed by atoms with van der Waals surface area (Å²) in [7, 11) is 0. The highest BCUT2D eigenvalue weighted by Gasteiger charge is 1.95. The van der Waals surface area contributed by atoms with Crippen LogP contribution in [-0.4, -0.2) is 6.26 Å². The highest BCUT2D eigenvalue weighted by Crippen LogP contribution is 2.02. The fourth-order valence-electron chi connectivity index (χ4n) is 0.674. The Morgan fingerprint density at radius 2 is 2.10 bits per heavy atom. The second-order valence-electron chi connectivity index (χ2n) is 1.95. The van der Waals surface area contributed by atoms with Crippen molar-refractivity contribution >= 4 is 23.4 Å². The lowest BCUT2D eigenvalue weighted by Gasteiger charge is -1.91. The van der Waals surface area contributed by atoms with Crippen molar-refractivity contribution in [2.75, 3.05) is 6.26 Å². The molecule has 0 saturated heterocycles. The summed E-state index contributed by atoms with van der Waals surface area (Å²) in [6.07, 6.45) is 6.01. The van der Waals surface area contributed by atoms with E-state index in [1.54, 1.807) is 11.8 Å². The van der Waals surface area contributed by atoms with Crippen molar-refractivity contribution in [2.24, 2.45) is 0 Å². The van der Waals surface area contributed by atoms with Crippen molar-refractivity contribution < 1.29 is 4.57 Å². The minimum absolute atomic E-state index is 0.789. The number of aromatic nitrogens is 1. The Morgan fingerprint density at radius 3 is 2.60 bits per heavy atom. The van der Waals surface area contributed by atoms with Crippen LogP contribution >= 0.6 is 23.4 Å². The van der Waals surface area contributed by atoms with Gasteiger partial charge in [0, 0.05) is 12.1 Å². The molecule has 1 aromatic rings. The van der Waals surface area contributed by atoms with E-state index in [2.05, 4.69) is 10.8 Å². The minimum atomic E-state index is 0.789. The molecule has 0 unspecified atom stereocenters. The van der Waals surface area contributed by atoms with Crippen molar-refractivity contribution in [3.8, 4) is 0 Å². The van der Waals surface area contributed by atoms with Gasteiger partial charge in [0.15, 0.2) is 18.3 Å². The van der Waals surface area contributed by atoms with Crippen molar-refractivity contribution in [1.82, 2.24) is 0 Å². The van der Waals surface area contributed by atoms with Crippen LogP contribution < -0.4 is 4.57 Å². The van der Waals surface area contributed by atoms with E-state index in [9.17, 15) is 0 Å². The maximum absolute atomic E-state index is 5.69. The van der Waals surface area contributed by atoms with E-state index in [1.807, 2.05) is 24.5 Å². The van der Waals surface area contributed by atoms with Crippen LogP contribution in [0.25, 0.3) is 0 Å². The van der Waals surface area contributed by atoms with Crippen molar-refractivity contribution in [3.63, 3.8) is 0 Å². The second-order valence-corrected chi connectivity index (χ2v) is 3.22. The van der Waals surface area contributed by atoms with Gasteiger partial charge in [-0.05, 0) is 6.26 Å². The topological polar surface area (TPSA) is 3.88 Å². The van der Waals surface area contributed by atoms with Gasteiger partial charge in [0.05, 0.1) is 5.02 Å². The first-order chi connectivity index (χ1) is 4.83. The Hall–Kier alpha value is -0.210. The molecular weight excluding hydrogens is 166 g/mol. The number of nitrogens with zero attached hydrogens (tertiary/aromatic N) is 1. The number of hydrogen-bond donors (Lipinski definition) is 0. The maximum atomic E-state index is 5.69. The number of thioether (sulfide) groups is 1. The molecule has 1 aromatic heterocycles. The fourth-order valence-corrected chi connectivity index (χ4v) is 1.26. The van der Waals surface area contributed by atoms with Gasteiger partial charge in [-0.15, -0.1) is 0 Å². The fraction of sp³-hybridized carbons (Fsp3) is 0.286. The molecular formula is C7H9ClNS+. The summed E-state index contributed by atoms with van der Waals surface area (Å²) >= 11 is 7.47. The third-order valence-corrected chi connectivity index (χ3v) is 1.94. The van der Waals surface area contributed by atoms with Crippen LogP contribution in [0.15, 0.2) is 24.5 Å².